The summed E-state index contributed by atoms with van der Waals surface area (Å²) < 4.78 is 33.1. The molecule has 2 N–H and O–H groups in total. The van der Waals surface area contributed by atoms with Crippen LogP contribution in [0.1, 0.15) is 67.0 Å². The van der Waals surface area contributed by atoms with Crippen molar-refractivity contribution in [1.82, 2.24) is 9.78 Å². The number of hydrogen-bond acceptors (Lipinski definition) is 4. The summed E-state index contributed by atoms with van der Waals surface area (Å²) in [4.78, 5) is 0. The Morgan fingerprint density at radius 2 is 1.50 bits per heavy atom. The number of nitrogens with zero attached hydrogens (tertiary/aromatic N) is 2. The first-order chi connectivity index (χ1) is 12.1. The zero-order valence-corrected chi connectivity index (χ0v) is 22.7. The van der Waals surface area contributed by atoms with Crippen LogP contribution in [0.2, 0.25) is 36.3 Å². The van der Waals surface area contributed by atoms with Crippen molar-refractivity contribution in [3.05, 3.63) is 5.56 Å². The zero-order valence-electron chi connectivity index (χ0n) is 19.9. The molecule has 0 aliphatic rings. The smallest absolute Gasteiger partial charge is 0.257 e. The fourth-order valence-corrected chi connectivity index (χ4v) is 6.93. The molecule has 0 saturated heterocycles. The Hall–Kier alpha value is -0.486. The molecule has 1 heterocycles. The van der Waals surface area contributed by atoms with Gasteiger partial charge in [-0.25, -0.2) is 13.6 Å². The number of aromatic nitrogens is 2. The molecule has 0 atom stereocenters. The van der Waals surface area contributed by atoms with Gasteiger partial charge in [0, 0.05) is 16.9 Å². The molecule has 164 valence electrons. The third kappa shape index (κ3) is 4.98. The second kappa shape index (κ2) is 7.65. The molecular weight excluding hydrogens is 406 g/mol. The molecule has 1 aromatic rings. The van der Waals surface area contributed by atoms with Crippen molar-refractivity contribution in [2.24, 2.45) is 5.14 Å². The maximum atomic E-state index is 12.4. The predicted molar refractivity (Wildman–Crippen MR) is 123 cm³/mol. The molecule has 1 aromatic heterocycles. The molecule has 0 unspecified atom stereocenters. The summed E-state index contributed by atoms with van der Waals surface area (Å²) in [6.45, 7) is 26.3. The van der Waals surface area contributed by atoms with Crippen LogP contribution in [0.4, 0.5) is 0 Å². The Kier molecular flexibility index (Phi) is 6.98. The Labute approximate surface area is 174 Å². The second-order valence-electron chi connectivity index (χ2n) is 11.1. The van der Waals surface area contributed by atoms with Crippen molar-refractivity contribution in [3.8, 4) is 0 Å². The highest BCUT2D eigenvalue weighted by Gasteiger charge is 2.45. The van der Waals surface area contributed by atoms with E-state index in [2.05, 4.69) is 72.8 Å². The van der Waals surface area contributed by atoms with E-state index in [1.807, 2.05) is 18.5 Å². The van der Waals surface area contributed by atoms with Crippen molar-refractivity contribution in [2.75, 3.05) is 0 Å². The first-order valence-corrected chi connectivity index (χ1v) is 17.4. The van der Waals surface area contributed by atoms with Gasteiger partial charge < -0.3 is 4.43 Å². The largest absolute Gasteiger partial charge is 0.412 e. The van der Waals surface area contributed by atoms with Crippen LogP contribution in [0, 0.1) is 0 Å². The van der Waals surface area contributed by atoms with Gasteiger partial charge in [0.1, 0.15) is 8.07 Å². The van der Waals surface area contributed by atoms with Crippen LogP contribution in [0.3, 0.4) is 0 Å². The van der Waals surface area contributed by atoms with Crippen LogP contribution in [-0.4, -0.2) is 34.6 Å². The summed E-state index contributed by atoms with van der Waals surface area (Å²) in [5.74, 6) is 0. The van der Waals surface area contributed by atoms with E-state index in [1.165, 1.54) is 0 Å². The summed E-state index contributed by atoms with van der Waals surface area (Å²) in [6.07, 6.45) is 0. The number of rotatable bonds is 6. The first-order valence-electron chi connectivity index (χ1n) is 9.93. The minimum atomic E-state index is -3.95. The Bertz CT molecular complexity index is 815. The van der Waals surface area contributed by atoms with E-state index in [1.54, 1.807) is 0 Å². The van der Waals surface area contributed by atoms with E-state index in [0.29, 0.717) is 5.56 Å². The van der Waals surface area contributed by atoms with Crippen LogP contribution in [0.5, 0.6) is 0 Å². The van der Waals surface area contributed by atoms with E-state index in [-0.39, 0.29) is 27.8 Å². The normalized spacial score (nSPS) is 14.8. The van der Waals surface area contributed by atoms with Gasteiger partial charge in [-0.3, -0.25) is 4.68 Å². The van der Waals surface area contributed by atoms with Crippen LogP contribution >= 0.6 is 0 Å². The van der Waals surface area contributed by atoms with Gasteiger partial charge >= 0.3 is 0 Å². The van der Waals surface area contributed by atoms with E-state index in [0.717, 1.165) is 5.32 Å². The lowest BCUT2D eigenvalue weighted by Gasteiger charge is -2.39. The number of primary sulfonamides is 1. The maximum absolute atomic E-state index is 12.4. The Morgan fingerprint density at radius 3 is 1.82 bits per heavy atom. The SMILES string of the molecule is CC(C)n1nc(S(N)(=O)=O)c(CO[Si](C)(C)C(C)(C)C)c1[Si](C)(C)C(C)(C)C. The van der Waals surface area contributed by atoms with Crippen LogP contribution in [-0.2, 0) is 21.1 Å². The summed E-state index contributed by atoms with van der Waals surface area (Å²) in [5.41, 5.74) is 0.660. The standard InChI is InChI=1S/C19H41N3O3SSi2/c1-14(2)22-17(27(9,10)18(3,4)5)15(16(21-22)26(20,23)24)13-25-28(11,12)19(6,7)8/h14H,13H2,1-12H3,(H2,20,23,24). The average Bonchev–Trinajstić information content (AvgIpc) is 2.82. The Balaban J connectivity index is 3.77. The molecule has 0 aromatic carbocycles. The second-order valence-corrected chi connectivity index (χ2v) is 22.6. The highest BCUT2D eigenvalue weighted by Crippen LogP contribution is 2.39. The quantitative estimate of drug-likeness (QED) is 0.657. The lowest BCUT2D eigenvalue weighted by Crippen LogP contribution is -2.55. The van der Waals surface area contributed by atoms with Gasteiger partial charge in [0.25, 0.3) is 10.0 Å². The molecule has 0 aliphatic carbocycles. The molecule has 6 nitrogen and oxygen atoms in total. The molecule has 9 heteroatoms. The van der Waals surface area contributed by atoms with E-state index in [9.17, 15) is 8.42 Å². The summed E-state index contributed by atoms with van der Waals surface area (Å²) in [7, 11) is -8.14. The van der Waals surface area contributed by atoms with Crippen molar-refractivity contribution in [3.63, 3.8) is 0 Å². The lowest BCUT2D eigenvalue weighted by molar-refractivity contribution is 0.274. The molecule has 0 amide bonds. The minimum absolute atomic E-state index is 0.0149. The topological polar surface area (TPSA) is 87.2 Å². The third-order valence-corrected chi connectivity index (χ3v) is 17.4. The zero-order chi connectivity index (χ0) is 22.5. The number of hydrogen-bond donors (Lipinski definition) is 1. The van der Waals surface area contributed by atoms with Crippen LogP contribution < -0.4 is 10.5 Å². The van der Waals surface area contributed by atoms with Gasteiger partial charge in [0.2, 0.25) is 0 Å². The fraction of sp³-hybridized carbons (Fsp3) is 0.842. The van der Waals surface area contributed by atoms with Gasteiger partial charge in [0.15, 0.2) is 13.3 Å². The van der Waals surface area contributed by atoms with Crippen molar-refractivity contribution in [1.29, 1.82) is 0 Å². The van der Waals surface area contributed by atoms with E-state index in [4.69, 9.17) is 9.56 Å². The molecule has 0 fully saturated rings. The van der Waals surface area contributed by atoms with Gasteiger partial charge in [-0.15, -0.1) is 0 Å². The van der Waals surface area contributed by atoms with Crippen LogP contribution in [0.25, 0.3) is 0 Å². The van der Waals surface area contributed by atoms with Gasteiger partial charge in [-0.05, 0) is 37.0 Å². The van der Waals surface area contributed by atoms with E-state index >= 15 is 0 Å². The van der Waals surface area contributed by atoms with Gasteiger partial charge in [-0.1, -0.05) is 54.6 Å². The Morgan fingerprint density at radius 1 is 1.04 bits per heavy atom. The van der Waals surface area contributed by atoms with Crippen LogP contribution in [0.15, 0.2) is 5.03 Å². The fourth-order valence-electron chi connectivity index (χ4n) is 2.67. The molecule has 0 saturated carbocycles. The summed E-state index contributed by atoms with van der Waals surface area (Å²) in [5, 5.41) is 11.1. The maximum Gasteiger partial charge on any atom is 0.257 e. The molecule has 28 heavy (non-hydrogen) atoms. The lowest BCUT2D eigenvalue weighted by atomic mass is 10.2. The first kappa shape index (κ1) is 25.6. The third-order valence-electron chi connectivity index (χ3n) is 6.58. The molecule has 0 spiro atoms. The highest BCUT2D eigenvalue weighted by atomic mass is 32.2. The molecule has 0 aliphatic heterocycles. The van der Waals surface area contributed by atoms with Gasteiger partial charge in [-0.2, -0.15) is 5.10 Å². The van der Waals surface area contributed by atoms with E-state index < -0.39 is 26.4 Å². The monoisotopic (exact) mass is 447 g/mol. The van der Waals surface area contributed by atoms with Crippen molar-refractivity contribution >= 4 is 31.7 Å². The minimum Gasteiger partial charge on any atom is -0.412 e. The predicted octanol–water partition coefficient (Wildman–Crippen LogP) is 4.35. The highest BCUT2D eigenvalue weighted by molar-refractivity contribution is 7.89. The van der Waals surface area contributed by atoms with Crippen molar-refractivity contribution < 1.29 is 12.8 Å². The number of sulfonamides is 1. The van der Waals surface area contributed by atoms with Crippen molar-refractivity contribution in [2.45, 2.75) is 109 Å². The van der Waals surface area contributed by atoms with Gasteiger partial charge in [0.05, 0.1) is 6.61 Å². The molecule has 0 bridgehead atoms. The average molecular weight is 448 g/mol. The molecule has 0 radical (unpaired) electrons. The summed E-state index contributed by atoms with van der Waals surface area (Å²) in [6, 6.07) is 0.0336. The summed E-state index contributed by atoms with van der Waals surface area (Å²) >= 11 is 0. The molecular formula is C19H41N3O3SSi2. The number of nitrogens with two attached hydrogens (primary N) is 1. The molecule has 1 rings (SSSR count).